The van der Waals surface area contributed by atoms with Crippen molar-refractivity contribution in [2.24, 2.45) is 0 Å². The minimum absolute atomic E-state index is 0.105. The molecular formula is C13H21N3O2S. The zero-order valence-electron chi connectivity index (χ0n) is 11.9. The van der Waals surface area contributed by atoms with Gasteiger partial charge >= 0.3 is 0 Å². The number of amides is 1. The second-order valence-corrected chi connectivity index (χ2v) is 5.24. The normalized spacial score (nSPS) is 10.3. The molecule has 0 radical (unpaired) electrons. The van der Waals surface area contributed by atoms with Gasteiger partial charge in [-0.25, -0.2) is 0 Å². The quantitative estimate of drug-likeness (QED) is 0.784. The van der Waals surface area contributed by atoms with Crippen molar-refractivity contribution in [2.75, 3.05) is 30.8 Å². The lowest BCUT2D eigenvalue weighted by molar-refractivity contribution is 0.0964. The van der Waals surface area contributed by atoms with Crippen LogP contribution in [0.1, 0.15) is 47.2 Å². The molecule has 1 heterocycles. The number of hydrogen-bond acceptors (Lipinski definition) is 5. The van der Waals surface area contributed by atoms with Crippen LogP contribution in [0.3, 0.4) is 0 Å². The molecule has 0 unspecified atom stereocenters. The van der Waals surface area contributed by atoms with Crippen LogP contribution in [0.4, 0.5) is 10.7 Å². The predicted octanol–water partition coefficient (Wildman–Crippen LogP) is 2.13. The third-order valence-electron chi connectivity index (χ3n) is 2.86. The fourth-order valence-corrected chi connectivity index (χ4v) is 3.14. The highest BCUT2D eigenvalue weighted by molar-refractivity contribution is 7.19. The second-order valence-electron chi connectivity index (χ2n) is 4.24. The molecule has 6 heteroatoms. The number of rotatable bonds is 6. The van der Waals surface area contributed by atoms with Crippen molar-refractivity contribution in [3.05, 3.63) is 10.4 Å². The van der Waals surface area contributed by atoms with E-state index in [1.54, 1.807) is 7.05 Å². The number of nitrogens with zero attached hydrogens (tertiary/aromatic N) is 1. The summed E-state index contributed by atoms with van der Waals surface area (Å²) in [6.45, 7) is 7.17. The molecule has 0 bridgehead atoms. The monoisotopic (exact) mass is 283 g/mol. The molecule has 1 amide bonds. The van der Waals surface area contributed by atoms with Crippen molar-refractivity contribution >= 4 is 33.7 Å². The van der Waals surface area contributed by atoms with Crippen LogP contribution in [0.5, 0.6) is 0 Å². The van der Waals surface area contributed by atoms with Crippen LogP contribution >= 0.6 is 11.3 Å². The largest absolute Gasteiger partial charge is 0.397 e. The Bertz CT molecular complexity index is 482. The van der Waals surface area contributed by atoms with Gasteiger partial charge in [0.2, 0.25) is 0 Å². The molecule has 0 aliphatic rings. The third kappa shape index (κ3) is 3.07. The fraction of sp³-hybridized carbons (Fsp3) is 0.538. The molecule has 0 aliphatic heterocycles. The molecule has 0 fully saturated rings. The van der Waals surface area contributed by atoms with Crippen LogP contribution in [0.25, 0.3) is 0 Å². The van der Waals surface area contributed by atoms with E-state index in [0.29, 0.717) is 16.1 Å². The molecular weight excluding hydrogens is 262 g/mol. The first-order valence-corrected chi connectivity index (χ1v) is 7.19. The van der Waals surface area contributed by atoms with E-state index >= 15 is 0 Å². The molecule has 5 nitrogen and oxygen atoms in total. The van der Waals surface area contributed by atoms with E-state index in [0.717, 1.165) is 24.5 Å². The minimum Gasteiger partial charge on any atom is -0.397 e. The summed E-state index contributed by atoms with van der Waals surface area (Å²) in [5.41, 5.74) is 6.69. The van der Waals surface area contributed by atoms with Gasteiger partial charge in [-0.3, -0.25) is 9.59 Å². The number of thiophene rings is 1. The SMILES string of the molecule is CCCN(CC)c1sc(C(C)=O)c(N)c1C(=O)NC. The topological polar surface area (TPSA) is 75.4 Å². The number of nitrogen functional groups attached to an aromatic ring is 1. The maximum atomic E-state index is 12.0. The molecule has 3 N–H and O–H groups in total. The number of carbonyl (C=O) groups excluding carboxylic acids is 2. The highest BCUT2D eigenvalue weighted by atomic mass is 32.1. The molecule has 1 rings (SSSR count). The third-order valence-corrected chi connectivity index (χ3v) is 4.23. The van der Waals surface area contributed by atoms with E-state index in [2.05, 4.69) is 17.1 Å². The summed E-state index contributed by atoms with van der Waals surface area (Å²) >= 11 is 1.30. The van der Waals surface area contributed by atoms with Crippen molar-refractivity contribution in [1.29, 1.82) is 0 Å². The molecule has 19 heavy (non-hydrogen) atoms. The van der Waals surface area contributed by atoms with Gasteiger partial charge in [0.1, 0.15) is 5.00 Å². The van der Waals surface area contributed by atoms with E-state index in [4.69, 9.17) is 5.73 Å². The number of Topliss-reactive ketones (excluding diaryl/α,β-unsaturated/α-hetero) is 1. The molecule has 1 aromatic heterocycles. The Morgan fingerprint density at radius 3 is 2.42 bits per heavy atom. The molecule has 0 aliphatic carbocycles. The van der Waals surface area contributed by atoms with Crippen LogP contribution < -0.4 is 16.0 Å². The lowest BCUT2D eigenvalue weighted by Crippen LogP contribution is -2.27. The summed E-state index contributed by atoms with van der Waals surface area (Å²) in [6, 6.07) is 0. The molecule has 0 saturated heterocycles. The summed E-state index contributed by atoms with van der Waals surface area (Å²) in [4.78, 5) is 26.1. The van der Waals surface area contributed by atoms with Gasteiger partial charge in [0.15, 0.2) is 5.78 Å². The first-order valence-electron chi connectivity index (χ1n) is 6.38. The van der Waals surface area contributed by atoms with Crippen LogP contribution in [0, 0.1) is 0 Å². The molecule has 106 valence electrons. The lowest BCUT2D eigenvalue weighted by atomic mass is 10.2. The van der Waals surface area contributed by atoms with Gasteiger partial charge in [0.25, 0.3) is 5.91 Å². The first kappa shape index (κ1) is 15.5. The Morgan fingerprint density at radius 1 is 1.37 bits per heavy atom. The first-order chi connectivity index (χ1) is 8.97. The van der Waals surface area contributed by atoms with Crippen molar-refractivity contribution in [3.8, 4) is 0 Å². The Labute approximate surface area is 117 Å². The van der Waals surface area contributed by atoms with E-state index in [1.165, 1.54) is 18.3 Å². The van der Waals surface area contributed by atoms with Gasteiger partial charge in [-0.1, -0.05) is 6.92 Å². The van der Waals surface area contributed by atoms with Crippen LogP contribution in [0.2, 0.25) is 0 Å². The second kappa shape index (κ2) is 6.56. The van der Waals surface area contributed by atoms with Gasteiger partial charge in [0.05, 0.1) is 16.1 Å². The minimum atomic E-state index is -0.245. The van der Waals surface area contributed by atoms with Crippen molar-refractivity contribution in [2.45, 2.75) is 27.2 Å². The van der Waals surface area contributed by atoms with Gasteiger partial charge in [-0.2, -0.15) is 0 Å². The standard InChI is InChI=1S/C13H21N3O2S/c1-5-7-16(6-2)13-9(12(18)15-4)10(14)11(19-13)8(3)17/h5-7,14H2,1-4H3,(H,15,18). The van der Waals surface area contributed by atoms with Gasteiger partial charge in [-0.15, -0.1) is 11.3 Å². The number of carbonyl (C=O) groups is 2. The summed E-state index contributed by atoms with van der Waals surface area (Å²) < 4.78 is 0. The van der Waals surface area contributed by atoms with Gasteiger partial charge in [-0.05, 0) is 13.3 Å². The average molecular weight is 283 g/mol. The summed E-state index contributed by atoms with van der Waals surface area (Å²) in [6.07, 6.45) is 0.967. The highest BCUT2D eigenvalue weighted by Gasteiger charge is 2.25. The molecule has 0 aromatic carbocycles. The fourth-order valence-electron chi connectivity index (χ4n) is 1.93. The molecule has 1 aromatic rings. The number of ketones is 1. The summed E-state index contributed by atoms with van der Waals surface area (Å²) in [5.74, 6) is -0.350. The number of nitrogens with one attached hydrogen (secondary N) is 1. The van der Waals surface area contributed by atoms with E-state index in [-0.39, 0.29) is 11.7 Å². The number of hydrogen-bond donors (Lipinski definition) is 2. The van der Waals surface area contributed by atoms with Crippen molar-refractivity contribution in [1.82, 2.24) is 5.32 Å². The van der Waals surface area contributed by atoms with E-state index in [9.17, 15) is 9.59 Å². The van der Waals surface area contributed by atoms with E-state index < -0.39 is 0 Å². The Balaban J connectivity index is 3.39. The smallest absolute Gasteiger partial charge is 0.256 e. The van der Waals surface area contributed by atoms with Gasteiger partial charge in [0, 0.05) is 27.1 Å². The Hall–Kier alpha value is -1.56. The van der Waals surface area contributed by atoms with Gasteiger partial charge < -0.3 is 16.0 Å². The van der Waals surface area contributed by atoms with Crippen LogP contribution in [0.15, 0.2) is 0 Å². The maximum absolute atomic E-state index is 12.0. The Morgan fingerprint density at radius 2 is 2.00 bits per heavy atom. The van der Waals surface area contributed by atoms with Crippen molar-refractivity contribution < 1.29 is 9.59 Å². The zero-order chi connectivity index (χ0) is 14.6. The maximum Gasteiger partial charge on any atom is 0.256 e. The summed E-state index contributed by atoms with van der Waals surface area (Å²) in [7, 11) is 1.56. The molecule has 0 spiro atoms. The number of nitrogens with two attached hydrogens (primary N) is 1. The molecule has 0 atom stereocenters. The Kier molecular flexibility index (Phi) is 5.35. The highest BCUT2D eigenvalue weighted by Crippen LogP contribution is 2.38. The van der Waals surface area contributed by atoms with E-state index in [1.807, 2.05) is 6.92 Å². The average Bonchev–Trinajstić information content (AvgIpc) is 2.72. The lowest BCUT2D eigenvalue weighted by Gasteiger charge is -2.21. The van der Waals surface area contributed by atoms with Crippen LogP contribution in [-0.2, 0) is 0 Å². The predicted molar refractivity (Wildman–Crippen MR) is 80.3 cm³/mol. The van der Waals surface area contributed by atoms with Crippen molar-refractivity contribution in [3.63, 3.8) is 0 Å². The summed E-state index contributed by atoms with van der Waals surface area (Å²) in [5, 5.41) is 3.37. The van der Waals surface area contributed by atoms with Crippen LogP contribution in [-0.4, -0.2) is 31.8 Å². The zero-order valence-corrected chi connectivity index (χ0v) is 12.7. The molecule has 0 saturated carbocycles. The number of anilines is 2.